The lowest BCUT2D eigenvalue weighted by Gasteiger charge is -2.17. The van der Waals surface area contributed by atoms with Crippen LogP contribution in [0.3, 0.4) is 0 Å². The normalized spacial score (nSPS) is 18.9. The van der Waals surface area contributed by atoms with Crippen LogP contribution in [0.5, 0.6) is 5.75 Å². The molecule has 2 atom stereocenters. The molecule has 2 aromatic rings. The predicted molar refractivity (Wildman–Crippen MR) is 72.1 cm³/mol. The van der Waals surface area contributed by atoms with Crippen molar-refractivity contribution >= 4 is 0 Å². The third-order valence-electron chi connectivity index (χ3n) is 3.59. The number of nitrogens with zero attached hydrogens (tertiary/aromatic N) is 2. The second kappa shape index (κ2) is 5.05. The van der Waals surface area contributed by atoms with Crippen LogP contribution in [0.4, 0.5) is 0 Å². The molecule has 1 aliphatic heterocycles. The number of benzene rings is 1. The quantitative estimate of drug-likeness (QED) is 0.908. The first-order valence-electron chi connectivity index (χ1n) is 6.62. The highest BCUT2D eigenvalue weighted by Crippen LogP contribution is 2.30. The van der Waals surface area contributed by atoms with E-state index in [1.807, 2.05) is 37.6 Å². The summed E-state index contributed by atoms with van der Waals surface area (Å²) in [5.74, 6) is 0.910. The van der Waals surface area contributed by atoms with Gasteiger partial charge < -0.3 is 9.84 Å². The Hall–Kier alpha value is -1.81. The maximum absolute atomic E-state index is 10.2. The van der Waals surface area contributed by atoms with Crippen molar-refractivity contribution in [2.24, 2.45) is 7.05 Å². The van der Waals surface area contributed by atoms with Crippen molar-refractivity contribution in [3.05, 3.63) is 47.8 Å². The van der Waals surface area contributed by atoms with Crippen LogP contribution in [0.2, 0.25) is 0 Å². The second-order valence-electron chi connectivity index (χ2n) is 5.10. The number of para-hydroxylation sites is 1. The number of ether oxygens (including phenoxy) is 1. The Morgan fingerprint density at radius 2 is 2.32 bits per heavy atom. The SMILES string of the molecule is Cn1cc(CCC(O)C2Cc3ccccc3O2)cn1. The highest BCUT2D eigenvalue weighted by atomic mass is 16.5. The van der Waals surface area contributed by atoms with Gasteiger partial charge >= 0.3 is 0 Å². The minimum atomic E-state index is -0.437. The molecule has 0 radical (unpaired) electrons. The molecule has 0 spiro atoms. The van der Waals surface area contributed by atoms with Crippen LogP contribution in [0.15, 0.2) is 36.7 Å². The summed E-state index contributed by atoms with van der Waals surface area (Å²) in [6.07, 6.45) is 5.59. The van der Waals surface area contributed by atoms with Gasteiger partial charge in [-0.05, 0) is 30.0 Å². The molecule has 0 aliphatic carbocycles. The topological polar surface area (TPSA) is 47.3 Å². The summed E-state index contributed by atoms with van der Waals surface area (Å²) in [6.45, 7) is 0. The van der Waals surface area contributed by atoms with Gasteiger partial charge in [-0.15, -0.1) is 0 Å². The summed E-state index contributed by atoms with van der Waals surface area (Å²) in [4.78, 5) is 0. The molecule has 1 aromatic heterocycles. The van der Waals surface area contributed by atoms with E-state index in [9.17, 15) is 5.11 Å². The lowest BCUT2D eigenvalue weighted by Crippen LogP contribution is -2.30. The van der Waals surface area contributed by atoms with Crippen LogP contribution in [-0.2, 0) is 19.9 Å². The van der Waals surface area contributed by atoms with E-state index < -0.39 is 6.10 Å². The predicted octanol–water partition coefficient (Wildman–Crippen LogP) is 1.72. The van der Waals surface area contributed by atoms with Crippen LogP contribution in [0.25, 0.3) is 0 Å². The summed E-state index contributed by atoms with van der Waals surface area (Å²) >= 11 is 0. The minimum absolute atomic E-state index is 0.117. The Morgan fingerprint density at radius 3 is 3.05 bits per heavy atom. The monoisotopic (exact) mass is 258 g/mol. The van der Waals surface area contributed by atoms with Crippen molar-refractivity contribution < 1.29 is 9.84 Å². The number of hydrogen-bond acceptors (Lipinski definition) is 3. The van der Waals surface area contributed by atoms with Crippen LogP contribution in [0, 0.1) is 0 Å². The zero-order chi connectivity index (χ0) is 13.2. The van der Waals surface area contributed by atoms with E-state index in [1.165, 1.54) is 5.56 Å². The van der Waals surface area contributed by atoms with Crippen molar-refractivity contribution in [2.45, 2.75) is 31.5 Å². The fourth-order valence-electron chi connectivity index (χ4n) is 2.52. The zero-order valence-corrected chi connectivity index (χ0v) is 11.0. The molecule has 3 rings (SSSR count). The number of aromatic nitrogens is 2. The molecular weight excluding hydrogens is 240 g/mol. The molecule has 0 amide bonds. The third-order valence-corrected chi connectivity index (χ3v) is 3.59. The summed E-state index contributed by atoms with van der Waals surface area (Å²) in [5.41, 5.74) is 2.34. The number of rotatable bonds is 4. The maximum Gasteiger partial charge on any atom is 0.129 e. The lowest BCUT2D eigenvalue weighted by atomic mass is 10.0. The van der Waals surface area contributed by atoms with E-state index in [0.29, 0.717) is 6.42 Å². The fourth-order valence-corrected chi connectivity index (χ4v) is 2.52. The molecule has 2 unspecified atom stereocenters. The smallest absolute Gasteiger partial charge is 0.129 e. The van der Waals surface area contributed by atoms with Crippen molar-refractivity contribution in [1.82, 2.24) is 9.78 Å². The molecule has 2 heterocycles. The second-order valence-corrected chi connectivity index (χ2v) is 5.10. The van der Waals surface area contributed by atoms with Gasteiger partial charge in [0.05, 0.1) is 12.3 Å². The first-order valence-corrected chi connectivity index (χ1v) is 6.62. The molecule has 19 heavy (non-hydrogen) atoms. The maximum atomic E-state index is 10.2. The number of hydrogen-bond donors (Lipinski definition) is 1. The van der Waals surface area contributed by atoms with Crippen LogP contribution < -0.4 is 4.74 Å². The van der Waals surface area contributed by atoms with Crippen molar-refractivity contribution in [2.75, 3.05) is 0 Å². The molecule has 0 saturated carbocycles. The third kappa shape index (κ3) is 2.63. The Kier molecular flexibility index (Phi) is 3.25. The van der Waals surface area contributed by atoms with Gasteiger partial charge in [0.25, 0.3) is 0 Å². The Morgan fingerprint density at radius 1 is 1.47 bits per heavy atom. The Bertz CT molecular complexity index is 540. The first-order chi connectivity index (χ1) is 9.22. The molecule has 1 aliphatic rings. The van der Waals surface area contributed by atoms with E-state index >= 15 is 0 Å². The van der Waals surface area contributed by atoms with Gasteiger partial charge in [-0.25, -0.2) is 0 Å². The van der Waals surface area contributed by atoms with Crippen LogP contribution in [-0.4, -0.2) is 27.1 Å². The molecule has 0 saturated heterocycles. The molecule has 100 valence electrons. The van der Waals surface area contributed by atoms with Crippen molar-refractivity contribution in [3.63, 3.8) is 0 Å². The zero-order valence-electron chi connectivity index (χ0n) is 11.0. The molecule has 0 bridgehead atoms. The van der Waals surface area contributed by atoms with Gasteiger partial charge in [-0.2, -0.15) is 5.10 Å². The number of aliphatic hydroxyl groups is 1. The van der Waals surface area contributed by atoms with Gasteiger partial charge in [0, 0.05) is 19.7 Å². The molecule has 1 N–H and O–H groups in total. The molecule has 4 nitrogen and oxygen atoms in total. The number of fused-ring (bicyclic) bond motifs is 1. The van der Waals surface area contributed by atoms with Gasteiger partial charge in [-0.1, -0.05) is 18.2 Å². The van der Waals surface area contributed by atoms with E-state index in [1.54, 1.807) is 4.68 Å². The standard InChI is InChI=1S/C15H18N2O2/c1-17-10-11(9-16-17)6-7-13(18)15-8-12-4-2-3-5-14(12)19-15/h2-5,9-10,13,15,18H,6-8H2,1H3. The highest BCUT2D eigenvalue weighted by Gasteiger charge is 2.28. The van der Waals surface area contributed by atoms with E-state index in [4.69, 9.17) is 4.74 Å². The summed E-state index contributed by atoms with van der Waals surface area (Å²) in [5, 5.41) is 14.4. The molecule has 0 fully saturated rings. The van der Waals surface area contributed by atoms with Crippen LogP contribution in [0.1, 0.15) is 17.5 Å². The Balaban J connectivity index is 1.56. The Labute approximate surface area is 112 Å². The molecular formula is C15H18N2O2. The van der Waals surface area contributed by atoms with Crippen molar-refractivity contribution in [1.29, 1.82) is 0 Å². The van der Waals surface area contributed by atoms with Crippen molar-refractivity contribution in [3.8, 4) is 5.75 Å². The van der Waals surface area contributed by atoms with E-state index in [0.717, 1.165) is 24.2 Å². The van der Waals surface area contributed by atoms with Crippen LogP contribution >= 0.6 is 0 Å². The average molecular weight is 258 g/mol. The molecule has 1 aromatic carbocycles. The number of aliphatic hydroxyl groups excluding tert-OH is 1. The van der Waals surface area contributed by atoms with E-state index in [-0.39, 0.29) is 6.10 Å². The fraction of sp³-hybridized carbons (Fsp3) is 0.400. The molecule has 4 heteroatoms. The minimum Gasteiger partial charge on any atom is -0.487 e. The first kappa shape index (κ1) is 12.2. The number of aryl methyl sites for hydroxylation is 2. The van der Waals surface area contributed by atoms with Gasteiger partial charge in [-0.3, -0.25) is 4.68 Å². The highest BCUT2D eigenvalue weighted by molar-refractivity contribution is 5.37. The average Bonchev–Trinajstić information content (AvgIpc) is 3.01. The lowest BCUT2D eigenvalue weighted by molar-refractivity contribution is 0.0443. The summed E-state index contributed by atoms with van der Waals surface area (Å²) in [7, 11) is 1.90. The van der Waals surface area contributed by atoms with Gasteiger partial charge in [0.15, 0.2) is 0 Å². The summed E-state index contributed by atoms with van der Waals surface area (Å²) < 4.78 is 7.57. The summed E-state index contributed by atoms with van der Waals surface area (Å²) in [6, 6.07) is 7.99. The van der Waals surface area contributed by atoms with Gasteiger partial charge in [0.1, 0.15) is 11.9 Å². The largest absolute Gasteiger partial charge is 0.487 e. The van der Waals surface area contributed by atoms with E-state index in [2.05, 4.69) is 11.2 Å². The van der Waals surface area contributed by atoms with Gasteiger partial charge in [0.2, 0.25) is 0 Å².